The first-order chi connectivity index (χ1) is 6.84. The minimum Gasteiger partial charge on any atom is -0.314 e. The number of terminal acetylenes is 1. The van der Waals surface area contributed by atoms with Gasteiger partial charge >= 0.3 is 0 Å². The minimum atomic E-state index is -0.200. The molecule has 14 heavy (non-hydrogen) atoms. The topological polar surface area (TPSA) is 26.0 Å². The first-order valence-electron chi connectivity index (χ1n) is 4.57. The highest BCUT2D eigenvalue weighted by molar-refractivity contribution is 5.26. The van der Waals surface area contributed by atoms with E-state index in [2.05, 4.69) is 17.8 Å². The van der Waals surface area contributed by atoms with E-state index < -0.39 is 0 Å². The first kappa shape index (κ1) is 10.4. The monoisotopic (exact) mass is 183 g/mol. The molecule has 1 aromatic carbocycles. The third-order valence-electron chi connectivity index (χ3n) is 1.81. The van der Waals surface area contributed by atoms with Gasteiger partial charge in [0.15, 0.2) is 0 Å². The van der Waals surface area contributed by atoms with Gasteiger partial charge in [-0.15, -0.1) is 18.3 Å². The number of unbranched alkanes of at least 4 members (excludes halogenated alkanes) is 1. The molecule has 1 atom stereocenters. The zero-order chi connectivity index (χ0) is 10.2. The van der Waals surface area contributed by atoms with Gasteiger partial charge < -0.3 is 5.73 Å². The molecule has 0 fully saturated rings. The summed E-state index contributed by atoms with van der Waals surface area (Å²) in [6, 6.07) is 9.62. The van der Waals surface area contributed by atoms with E-state index >= 15 is 0 Å². The van der Waals surface area contributed by atoms with Crippen molar-refractivity contribution >= 4 is 0 Å². The van der Waals surface area contributed by atoms with E-state index in [0.717, 1.165) is 12.0 Å². The first-order valence-corrected chi connectivity index (χ1v) is 4.57. The summed E-state index contributed by atoms with van der Waals surface area (Å²) in [5.74, 6) is 8.47. The molecule has 70 valence electrons. The van der Waals surface area contributed by atoms with Crippen LogP contribution in [0.25, 0.3) is 0 Å². The van der Waals surface area contributed by atoms with Crippen LogP contribution in [0.2, 0.25) is 0 Å². The molecule has 1 unspecified atom stereocenters. The number of benzene rings is 1. The van der Waals surface area contributed by atoms with E-state index in [4.69, 9.17) is 12.2 Å². The molecule has 1 nitrogen and oxygen atoms in total. The van der Waals surface area contributed by atoms with E-state index in [1.54, 1.807) is 0 Å². The number of rotatable bonds is 2. The summed E-state index contributed by atoms with van der Waals surface area (Å²) in [5, 5.41) is 0. The molecule has 1 rings (SSSR count). The molecule has 0 radical (unpaired) electrons. The summed E-state index contributed by atoms with van der Waals surface area (Å²) in [6.07, 6.45) is 6.52. The fourth-order valence-corrected chi connectivity index (χ4v) is 1.06. The Balaban J connectivity index is 2.54. The largest absolute Gasteiger partial charge is 0.314 e. The third kappa shape index (κ3) is 3.35. The van der Waals surface area contributed by atoms with Crippen LogP contribution in [0.3, 0.4) is 0 Å². The van der Waals surface area contributed by atoms with Crippen molar-refractivity contribution in [2.45, 2.75) is 18.9 Å². The molecule has 1 aromatic rings. The van der Waals surface area contributed by atoms with E-state index in [1.807, 2.05) is 30.3 Å². The highest BCUT2D eigenvalue weighted by Crippen LogP contribution is 2.07. The van der Waals surface area contributed by atoms with Crippen LogP contribution in [0.5, 0.6) is 0 Å². The standard InChI is InChI=1S/C13H13N/c1-2-3-4-8-11-13(14)12-9-6-5-7-10-12/h1,5-7,9-10,13H,3-4,14H2. The molecule has 0 aromatic heterocycles. The lowest BCUT2D eigenvalue weighted by molar-refractivity contribution is 0.941. The van der Waals surface area contributed by atoms with Crippen molar-refractivity contribution in [3.05, 3.63) is 35.9 Å². The highest BCUT2D eigenvalue weighted by atomic mass is 14.6. The molecule has 0 saturated carbocycles. The molecule has 0 bridgehead atoms. The molecule has 0 saturated heterocycles. The van der Waals surface area contributed by atoms with E-state index in [9.17, 15) is 0 Å². The lowest BCUT2D eigenvalue weighted by Gasteiger charge is -2.02. The van der Waals surface area contributed by atoms with Crippen molar-refractivity contribution < 1.29 is 0 Å². The van der Waals surface area contributed by atoms with Gasteiger partial charge in [0.05, 0.1) is 6.04 Å². The van der Waals surface area contributed by atoms with Crippen LogP contribution in [0.1, 0.15) is 24.4 Å². The lowest BCUT2D eigenvalue weighted by Crippen LogP contribution is -2.06. The maximum Gasteiger partial charge on any atom is 0.0920 e. The average molecular weight is 183 g/mol. The Labute approximate surface area is 85.3 Å². The molecule has 2 N–H and O–H groups in total. The quantitative estimate of drug-likeness (QED) is 0.551. The summed E-state index contributed by atoms with van der Waals surface area (Å²) in [6.45, 7) is 0. The Morgan fingerprint density at radius 2 is 1.93 bits per heavy atom. The van der Waals surface area contributed by atoms with Gasteiger partial charge in [0.1, 0.15) is 0 Å². The molecule has 0 heterocycles. The van der Waals surface area contributed by atoms with Crippen LogP contribution in [-0.2, 0) is 0 Å². The molecule has 0 aliphatic rings. The molecular weight excluding hydrogens is 170 g/mol. The van der Waals surface area contributed by atoms with Crippen molar-refractivity contribution in [3.63, 3.8) is 0 Å². The van der Waals surface area contributed by atoms with Gasteiger partial charge in [-0.2, -0.15) is 0 Å². The van der Waals surface area contributed by atoms with Crippen molar-refractivity contribution in [2.75, 3.05) is 0 Å². The van der Waals surface area contributed by atoms with E-state index in [0.29, 0.717) is 6.42 Å². The summed E-state index contributed by atoms with van der Waals surface area (Å²) < 4.78 is 0. The number of hydrogen-bond acceptors (Lipinski definition) is 1. The molecule has 0 aliphatic heterocycles. The molecular formula is C13H13N. The average Bonchev–Trinajstić information content (AvgIpc) is 2.25. The van der Waals surface area contributed by atoms with Crippen molar-refractivity contribution in [3.8, 4) is 24.2 Å². The molecule has 0 spiro atoms. The van der Waals surface area contributed by atoms with Crippen LogP contribution in [-0.4, -0.2) is 0 Å². The summed E-state index contributed by atoms with van der Waals surface area (Å²) in [5.41, 5.74) is 6.89. The van der Waals surface area contributed by atoms with Crippen molar-refractivity contribution in [2.24, 2.45) is 5.73 Å². The molecule has 0 aliphatic carbocycles. The fraction of sp³-hybridized carbons (Fsp3) is 0.231. The van der Waals surface area contributed by atoms with Crippen LogP contribution in [0.4, 0.5) is 0 Å². The summed E-state index contributed by atoms with van der Waals surface area (Å²) in [4.78, 5) is 0. The van der Waals surface area contributed by atoms with Gasteiger partial charge in [-0.25, -0.2) is 0 Å². The van der Waals surface area contributed by atoms with Gasteiger partial charge in [-0.1, -0.05) is 36.3 Å². The highest BCUT2D eigenvalue weighted by Gasteiger charge is 1.98. The predicted octanol–water partition coefficient (Wildman–Crippen LogP) is 2.10. The maximum absolute atomic E-state index is 5.85. The summed E-state index contributed by atoms with van der Waals surface area (Å²) in [7, 11) is 0. The smallest absolute Gasteiger partial charge is 0.0920 e. The Kier molecular flexibility index (Phi) is 4.35. The predicted molar refractivity (Wildman–Crippen MR) is 59.2 cm³/mol. The second-order valence-corrected chi connectivity index (χ2v) is 2.91. The second kappa shape index (κ2) is 5.86. The van der Waals surface area contributed by atoms with Crippen LogP contribution in [0, 0.1) is 24.2 Å². The Morgan fingerprint density at radius 1 is 1.21 bits per heavy atom. The maximum atomic E-state index is 5.85. The van der Waals surface area contributed by atoms with Gasteiger partial charge in [0, 0.05) is 12.8 Å². The number of hydrogen-bond donors (Lipinski definition) is 1. The second-order valence-electron chi connectivity index (χ2n) is 2.91. The third-order valence-corrected chi connectivity index (χ3v) is 1.81. The van der Waals surface area contributed by atoms with Gasteiger partial charge in [-0.3, -0.25) is 0 Å². The van der Waals surface area contributed by atoms with Gasteiger partial charge in [0.25, 0.3) is 0 Å². The van der Waals surface area contributed by atoms with E-state index in [-0.39, 0.29) is 6.04 Å². The minimum absolute atomic E-state index is 0.200. The summed E-state index contributed by atoms with van der Waals surface area (Å²) >= 11 is 0. The van der Waals surface area contributed by atoms with Crippen LogP contribution >= 0.6 is 0 Å². The van der Waals surface area contributed by atoms with Crippen molar-refractivity contribution in [1.82, 2.24) is 0 Å². The number of nitrogens with two attached hydrogens (primary N) is 1. The Morgan fingerprint density at radius 3 is 2.57 bits per heavy atom. The Bertz CT molecular complexity index is 362. The zero-order valence-electron chi connectivity index (χ0n) is 8.03. The van der Waals surface area contributed by atoms with Crippen LogP contribution < -0.4 is 5.73 Å². The van der Waals surface area contributed by atoms with Gasteiger partial charge in [0.2, 0.25) is 0 Å². The lowest BCUT2D eigenvalue weighted by atomic mass is 10.1. The fourth-order valence-electron chi connectivity index (χ4n) is 1.06. The van der Waals surface area contributed by atoms with E-state index in [1.165, 1.54) is 0 Å². The Hall–Kier alpha value is -1.70. The molecule has 1 heteroatoms. The van der Waals surface area contributed by atoms with Gasteiger partial charge in [-0.05, 0) is 5.56 Å². The molecule has 0 amide bonds. The SMILES string of the molecule is C#CCCC#CC(N)c1ccccc1. The zero-order valence-corrected chi connectivity index (χ0v) is 8.03. The van der Waals surface area contributed by atoms with Crippen LogP contribution in [0.15, 0.2) is 30.3 Å². The normalized spacial score (nSPS) is 10.9. The van der Waals surface area contributed by atoms with Crippen molar-refractivity contribution in [1.29, 1.82) is 0 Å².